The number of hydrogen-bond donors (Lipinski definition) is 2. The summed E-state index contributed by atoms with van der Waals surface area (Å²) in [5.41, 5.74) is 0.594. The van der Waals surface area contributed by atoms with Gasteiger partial charge in [-0.2, -0.15) is 5.10 Å². The highest BCUT2D eigenvalue weighted by Gasteiger charge is 2.41. The molecule has 1 amide bonds. The van der Waals surface area contributed by atoms with Gasteiger partial charge in [0.15, 0.2) is 0 Å². The van der Waals surface area contributed by atoms with Crippen molar-refractivity contribution in [3.8, 4) is 0 Å². The number of nitrogens with zero attached hydrogens (tertiary/aromatic N) is 3. The topological polar surface area (TPSA) is 98.0 Å². The molecule has 2 bridgehead atoms. The van der Waals surface area contributed by atoms with E-state index in [-0.39, 0.29) is 54.4 Å². The molecule has 0 spiro atoms. The van der Waals surface area contributed by atoms with E-state index in [9.17, 15) is 14.4 Å². The number of carbonyl (C=O) groups is 1. The Morgan fingerprint density at radius 2 is 1.97 bits per heavy atom. The minimum Gasteiger partial charge on any atom is -0.352 e. The molecule has 0 aliphatic carbocycles. The largest absolute Gasteiger partial charge is 0.352 e. The lowest BCUT2D eigenvalue weighted by atomic mass is 9.79. The van der Waals surface area contributed by atoms with Crippen LogP contribution in [-0.4, -0.2) is 39.9 Å². The van der Waals surface area contributed by atoms with Crippen LogP contribution in [0.25, 0.3) is 10.8 Å². The number of rotatable bonds is 4. The van der Waals surface area contributed by atoms with Gasteiger partial charge in [0, 0.05) is 48.6 Å². The lowest BCUT2D eigenvalue weighted by Gasteiger charge is -2.42. The van der Waals surface area contributed by atoms with Gasteiger partial charge in [-0.15, -0.1) is 12.4 Å². The van der Waals surface area contributed by atoms with Crippen LogP contribution in [0, 0.1) is 5.92 Å². The average Bonchev–Trinajstić information content (AvgIpc) is 2.76. The minimum atomic E-state index is -0.543. The number of fused-ring (bicyclic) bond motifs is 5. The summed E-state index contributed by atoms with van der Waals surface area (Å²) in [6.07, 6.45) is 2.55. The van der Waals surface area contributed by atoms with Crippen molar-refractivity contribution in [2.24, 2.45) is 5.92 Å². The van der Waals surface area contributed by atoms with Crippen LogP contribution < -0.4 is 21.8 Å². The quantitative estimate of drug-likeness (QED) is 0.630. The molecule has 3 atom stereocenters. The van der Waals surface area contributed by atoms with Crippen LogP contribution in [0.4, 0.5) is 0 Å². The van der Waals surface area contributed by atoms with Crippen molar-refractivity contribution < 1.29 is 4.79 Å². The molecule has 2 N–H and O–H groups in total. The number of benzene rings is 1. The molecule has 9 heteroatoms. The van der Waals surface area contributed by atoms with Gasteiger partial charge < -0.3 is 10.6 Å². The highest BCUT2D eigenvalue weighted by molar-refractivity contribution is 5.85. The van der Waals surface area contributed by atoms with Crippen molar-refractivity contribution in [3.05, 3.63) is 75.1 Å². The molecule has 2 aliphatic rings. The molecule has 2 aliphatic heterocycles. The predicted molar refractivity (Wildman–Crippen MR) is 120 cm³/mol. The Morgan fingerprint density at radius 1 is 1.13 bits per heavy atom. The number of amides is 1. The van der Waals surface area contributed by atoms with Crippen molar-refractivity contribution in [1.29, 1.82) is 0 Å². The fraction of sp³-hybridized carbons (Fsp3) is 0.364. The van der Waals surface area contributed by atoms with E-state index in [2.05, 4.69) is 15.7 Å². The van der Waals surface area contributed by atoms with Gasteiger partial charge in [-0.1, -0.05) is 24.3 Å². The van der Waals surface area contributed by atoms with Gasteiger partial charge in [-0.05, 0) is 18.6 Å². The number of carbonyl (C=O) groups excluding carboxylic acids is 1. The maximum Gasteiger partial charge on any atom is 0.274 e. The van der Waals surface area contributed by atoms with E-state index in [1.165, 1.54) is 10.7 Å². The maximum absolute atomic E-state index is 13.1. The molecule has 31 heavy (non-hydrogen) atoms. The van der Waals surface area contributed by atoms with E-state index >= 15 is 0 Å². The Balaban J connectivity index is 0.00000231. The van der Waals surface area contributed by atoms with E-state index in [0.717, 1.165) is 24.0 Å². The summed E-state index contributed by atoms with van der Waals surface area (Å²) in [5.74, 6) is 0.130. The predicted octanol–water partition coefficient (Wildman–Crippen LogP) is 1.04. The van der Waals surface area contributed by atoms with Crippen LogP contribution in [0.15, 0.2) is 58.3 Å². The molecule has 5 rings (SSSR count). The molecule has 3 aromatic rings. The normalized spacial score (nSPS) is 21.7. The Labute approximate surface area is 184 Å². The second-order valence-electron chi connectivity index (χ2n) is 8.01. The maximum atomic E-state index is 13.1. The van der Waals surface area contributed by atoms with Crippen LogP contribution in [0.2, 0.25) is 0 Å². The van der Waals surface area contributed by atoms with Crippen LogP contribution in [0.3, 0.4) is 0 Å². The number of hydrogen-bond acceptors (Lipinski definition) is 5. The third-order valence-corrected chi connectivity index (χ3v) is 6.20. The van der Waals surface area contributed by atoms with Crippen molar-refractivity contribution >= 4 is 29.1 Å². The smallest absolute Gasteiger partial charge is 0.274 e. The van der Waals surface area contributed by atoms with Gasteiger partial charge in [0.2, 0.25) is 5.91 Å². The summed E-state index contributed by atoms with van der Waals surface area (Å²) in [7, 11) is 0. The molecule has 1 fully saturated rings. The number of piperidine rings is 1. The highest BCUT2D eigenvalue weighted by Crippen LogP contribution is 2.38. The van der Waals surface area contributed by atoms with Gasteiger partial charge in [0.25, 0.3) is 11.1 Å². The first-order valence-electron chi connectivity index (χ1n) is 10.3. The Morgan fingerprint density at radius 3 is 2.84 bits per heavy atom. The van der Waals surface area contributed by atoms with Crippen LogP contribution in [0.5, 0.6) is 0 Å². The highest BCUT2D eigenvalue weighted by atomic mass is 35.5. The van der Waals surface area contributed by atoms with Gasteiger partial charge in [0.05, 0.1) is 18.1 Å². The molecular formula is C22H24ClN5O3. The van der Waals surface area contributed by atoms with E-state index in [1.54, 1.807) is 22.9 Å². The van der Waals surface area contributed by atoms with Gasteiger partial charge in [-0.3, -0.25) is 19.0 Å². The fourth-order valence-corrected chi connectivity index (χ4v) is 4.81. The lowest BCUT2D eigenvalue weighted by Crippen LogP contribution is -2.52. The Kier molecular flexibility index (Phi) is 5.93. The lowest BCUT2D eigenvalue weighted by molar-refractivity contribution is -0.127. The van der Waals surface area contributed by atoms with Crippen LogP contribution >= 0.6 is 12.4 Å². The van der Waals surface area contributed by atoms with Crippen molar-refractivity contribution in [1.82, 2.24) is 25.0 Å². The molecule has 4 heterocycles. The third-order valence-electron chi connectivity index (χ3n) is 6.20. The first-order valence-corrected chi connectivity index (χ1v) is 10.3. The zero-order chi connectivity index (χ0) is 20.7. The summed E-state index contributed by atoms with van der Waals surface area (Å²) in [6.45, 7) is 2.07. The van der Waals surface area contributed by atoms with Crippen LogP contribution in [-0.2, 0) is 11.3 Å². The average molecular weight is 442 g/mol. The number of nitrogens with one attached hydrogen (secondary N) is 2. The summed E-state index contributed by atoms with van der Waals surface area (Å²) in [6, 6.07) is 12.0. The fourth-order valence-electron chi connectivity index (χ4n) is 4.81. The monoisotopic (exact) mass is 441 g/mol. The van der Waals surface area contributed by atoms with E-state index < -0.39 is 6.04 Å². The Bertz CT molecular complexity index is 1240. The zero-order valence-electron chi connectivity index (χ0n) is 16.9. The summed E-state index contributed by atoms with van der Waals surface area (Å²) < 4.78 is 3.03. The Hall–Kier alpha value is -2.97. The molecule has 1 saturated heterocycles. The van der Waals surface area contributed by atoms with Gasteiger partial charge in [-0.25, -0.2) is 4.68 Å². The molecule has 0 unspecified atom stereocenters. The van der Waals surface area contributed by atoms with Crippen molar-refractivity contribution in [2.75, 3.05) is 19.6 Å². The summed E-state index contributed by atoms with van der Waals surface area (Å²) >= 11 is 0. The van der Waals surface area contributed by atoms with Crippen molar-refractivity contribution in [2.45, 2.75) is 24.9 Å². The standard InChI is InChI=1S/C22H23N5O3.ClH/c28-19-7-3-6-18-15-10-16(12-23-11-15)20(27(18)19)21(29)24-8-9-26-22(30)17-5-2-1-4-14(17)13-25-26;/h1-7,13,15-16,20,23H,8-12H2,(H,24,29);1H/t15-,16+,20-;/m1./s1. The summed E-state index contributed by atoms with van der Waals surface area (Å²) in [4.78, 5) is 38.3. The molecule has 0 saturated carbocycles. The molecule has 162 valence electrons. The number of pyridine rings is 1. The first kappa shape index (κ1) is 21.3. The second kappa shape index (κ2) is 8.64. The van der Waals surface area contributed by atoms with E-state index in [1.807, 2.05) is 24.3 Å². The zero-order valence-corrected chi connectivity index (χ0v) is 17.7. The van der Waals surface area contributed by atoms with Crippen LogP contribution in [0.1, 0.15) is 24.1 Å². The number of aromatic nitrogens is 3. The summed E-state index contributed by atoms with van der Waals surface area (Å²) in [5, 5.41) is 11.9. The molecule has 0 radical (unpaired) electrons. The molecule has 1 aromatic carbocycles. The van der Waals surface area contributed by atoms with Gasteiger partial charge >= 0.3 is 0 Å². The SMILES string of the molecule is Cl.O=C(NCCn1ncc2ccccc2c1=O)[C@H]1[C@@H]2CNC[C@@H](C2)c2cccc(=O)n21. The van der Waals surface area contributed by atoms with E-state index in [4.69, 9.17) is 0 Å². The first-order chi connectivity index (χ1) is 14.6. The molecular weight excluding hydrogens is 418 g/mol. The third kappa shape index (κ3) is 3.77. The second-order valence-corrected chi connectivity index (χ2v) is 8.01. The number of halogens is 1. The van der Waals surface area contributed by atoms with Gasteiger partial charge in [0.1, 0.15) is 6.04 Å². The molecule has 8 nitrogen and oxygen atoms in total. The van der Waals surface area contributed by atoms with E-state index in [0.29, 0.717) is 11.9 Å². The van der Waals surface area contributed by atoms with Crippen molar-refractivity contribution in [3.63, 3.8) is 0 Å². The minimum absolute atomic E-state index is 0. The molecule has 2 aromatic heterocycles.